The van der Waals surface area contributed by atoms with Crippen LogP contribution in [-0.4, -0.2) is 30.8 Å². The zero-order valence-corrected chi connectivity index (χ0v) is 12.0. The number of phenols is 1. The van der Waals surface area contributed by atoms with Crippen molar-refractivity contribution in [2.45, 2.75) is 25.7 Å². The van der Waals surface area contributed by atoms with Gasteiger partial charge in [-0.25, -0.2) is 4.79 Å². The first-order valence-corrected chi connectivity index (χ1v) is 7.34. The van der Waals surface area contributed by atoms with Crippen molar-refractivity contribution in [3.8, 4) is 5.75 Å². The van der Waals surface area contributed by atoms with Crippen LogP contribution < -0.4 is 5.32 Å². The van der Waals surface area contributed by atoms with Crippen LogP contribution in [0.5, 0.6) is 5.75 Å². The highest BCUT2D eigenvalue weighted by molar-refractivity contribution is 6.05. The number of phenolic OH excluding ortho intramolecular Hbond substituents is 1. The fourth-order valence-electron chi connectivity index (χ4n) is 2.89. The molecule has 1 aliphatic rings. The Morgan fingerprint density at radius 1 is 1.43 bits per heavy atom. The van der Waals surface area contributed by atoms with Gasteiger partial charge in [0, 0.05) is 11.3 Å². The maximum absolute atomic E-state index is 12.3. The van der Waals surface area contributed by atoms with Gasteiger partial charge in [0.25, 0.3) is 0 Å². The van der Waals surface area contributed by atoms with Crippen molar-refractivity contribution in [3.63, 3.8) is 0 Å². The molecule has 5 heteroatoms. The average Bonchev–Trinajstić information content (AvgIpc) is 2.87. The van der Waals surface area contributed by atoms with Crippen LogP contribution in [0.15, 0.2) is 22.6 Å². The maximum atomic E-state index is 12.3. The van der Waals surface area contributed by atoms with Crippen LogP contribution in [-0.2, 0) is 4.74 Å². The number of carbonyl (C=O) groups excluding carboxylic acids is 1. The summed E-state index contributed by atoms with van der Waals surface area (Å²) in [6.45, 7) is 3.92. The van der Waals surface area contributed by atoms with E-state index in [1.807, 2.05) is 0 Å². The smallest absolute Gasteiger partial charge is 0.342 e. The van der Waals surface area contributed by atoms with Gasteiger partial charge in [0.05, 0.1) is 6.61 Å². The van der Waals surface area contributed by atoms with Crippen LogP contribution >= 0.6 is 0 Å². The molecule has 0 spiro atoms. The third kappa shape index (κ3) is 2.61. The number of nitrogens with one attached hydrogen (secondary N) is 1. The topological polar surface area (TPSA) is 71.7 Å². The molecule has 21 heavy (non-hydrogen) atoms. The van der Waals surface area contributed by atoms with E-state index in [9.17, 15) is 9.90 Å². The Morgan fingerprint density at radius 2 is 2.19 bits per heavy atom. The van der Waals surface area contributed by atoms with E-state index in [1.165, 1.54) is 0 Å². The van der Waals surface area contributed by atoms with E-state index in [1.54, 1.807) is 25.1 Å². The molecule has 2 heterocycles. The Hall–Kier alpha value is -2.01. The lowest BCUT2D eigenvalue weighted by molar-refractivity contribution is 0.0524. The van der Waals surface area contributed by atoms with Crippen molar-refractivity contribution < 1.29 is 19.1 Å². The van der Waals surface area contributed by atoms with Crippen molar-refractivity contribution in [2.75, 3.05) is 19.7 Å². The van der Waals surface area contributed by atoms with Crippen LogP contribution in [0.4, 0.5) is 0 Å². The lowest BCUT2D eigenvalue weighted by Crippen LogP contribution is -2.27. The van der Waals surface area contributed by atoms with Gasteiger partial charge in [0.2, 0.25) is 0 Å². The molecule has 1 saturated heterocycles. The standard InChI is InChI=1S/C16H19NO4/c1-2-20-16(19)14-12-9-11(18)3-4-13(12)21-15(14)10-5-7-17-8-6-10/h3-4,9-10,17-18H,2,5-8H2,1H3. The molecule has 0 unspecified atom stereocenters. The number of esters is 1. The summed E-state index contributed by atoms with van der Waals surface area (Å²) in [6.07, 6.45) is 1.86. The Balaban J connectivity index is 2.12. The molecular weight excluding hydrogens is 270 g/mol. The van der Waals surface area contributed by atoms with Crippen LogP contribution in [0, 0.1) is 0 Å². The Bertz CT molecular complexity index is 656. The summed E-state index contributed by atoms with van der Waals surface area (Å²) in [4.78, 5) is 12.3. The summed E-state index contributed by atoms with van der Waals surface area (Å²) in [6, 6.07) is 4.82. The van der Waals surface area contributed by atoms with E-state index < -0.39 is 0 Å². The van der Waals surface area contributed by atoms with Gasteiger partial charge in [-0.2, -0.15) is 0 Å². The van der Waals surface area contributed by atoms with Gasteiger partial charge in [-0.15, -0.1) is 0 Å². The summed E-state index contributed by atoms with van der Waals surface area (Å²) in [5.74, 6) is 0.636. The fraction of sp³-hybridized carbons (Fsp3) is 0.438. The van der Waals surface area contributed by atoms with Gasteiger partial charge in [0.15, 0.2) is 0 Å². The number of ether oxygens (including phenoxy) is 1. The van der Waals surface area contributed by atoms with E-state index in [0.29, 0.717) is 28.9 Å². The summed E-state index contributed by atoms with van der Waals surface area (Å²) in [5.41, 5.74) is 1.08. The first kappa shape index (κ1) is 13.9. The zero-order chi connectivity index (χ0) is 14.8. The predicted octanol–water partition coefficient (Wildman–Crippen LogP) is 2.78. The minimum atomic E-state index is -0.379. The Labute approximate surface area is 122 Å². The number of aromatic hydroxyl groups is 1. The summed E-state index contributed by atoms with van der Waals surface area (Å²) >= 11 is 0. The zero-order valence-electron chi connectivity index (χ0n) is 12.0. The summed E-state index contributed by atoms with van der Waals surface area (Å²) in [5, 5.41) is 13.6. The predicted molar refractivity (Wildman–Crippen MR) is 78.7 cm³/mol. The summed E-state index contributed by atoms with van der Waals surface area (Å²) in [7, 11) is 0. The highest BCUT2D eigenvalue weighted by Crippen LogP contribution is 2.36. The molecule has 0 atom stereocenters. The maximum Gasteiger partial charge on any atom is 0.342 e. The lowest BCUT2D eigenvalue weighted by Gasteiger charge is -2.21. The van der Waals surface area contributed by atoms with Gasteiger partial charge in [0.1, 0.15) is 22.7 Å². The van der Waals surface area contributed by atoms with E-state index in [-0.39, 0.29) is 17.6 Å². The number of hydrogen-bond acceptors (Lipinski definition) is 5. The number of hydrogen-bond donors (Lipinski definition) is 2. The number of carbonyl (C=O) groups is 1. The Morgan fingerprint density at radius 3 is 2.90 bits per heavy atom. The lowest BCUT2D eigenvalue weighted by atomic mass is 9.92. The molecule has 112 valence electrons. The molecule has 0 saturated carbocycles. The second-order valence-electron chi connectivity index (χ2n) is 5.27. The largest absolute Gasteiger partial charge is 0.508 e. The molecule has 0 bridgehead atoms. The molecule has 0 aliphatic carbocycles. The van der Waals surface area contributed by atoms with Gasteiger partial charge in [-0.3, -0.25) is 0 Å². The van der Waals surface area contributed by atoms with Gasteiger partial charge >= 0.3 is 5.97 Å². The fourth-order valence-corrected chi connectivity index (χ4v) is 2.89. The van der Waals surface area contributed by atoms with Crippen molar-refractivity contribution in [1.29, 1.82) is 0 Å². The van der Waals surface area contributed by atoms with Crippen molar-refractivity contribution >= 4 is 16.9 Å². The van der Waals surface area contributed by atoms with E-state index in [2.05, 4.69) is 5.32 Å². The molecule has 3 rings (SSSR count). The average molecular weight is 289 g/mol. The third-order valence-corrected chi connectivity index (χ3v) is 3.89. The van der Waals surface area contributed by atoms with Crippen LogP contribution in [0.1, 0.15) is 41.8 Å². The van der Waals surface area contributed by atoms with Crippen LogP contribution in [0.2, 0.25) is 0 Å². The highest BCUT2D eigenvalue weighted by atomic mass is 16.5. The molecule has 1 aromatic carbocycles. The molecule has 5 nitrogen and oxygen atoms in total. The number of furan rings is 1. The first-order valence-electron chi connectivity index (χ1n) is 7.34. The number of piperidine rings is 1. The van der Waals surface area contributed by atoms with Crippen LogP contribution in [0.25, 0.3) is 11.0 Å². The molecule has 0 radical (unpaired) electrons. The van der Waals surface area contributed by atoms with Crippen molar-refractivity contribution in [2.24, 2.45) is 0 Å². The molecular formula is C16H19NO4. The normalized spacial score (nSPS) is 16.2. The monoisotopic (exact) mass is 289 g/mol. The third-order valence-electron chi connectivity index (χ3n) is 3.89. The minimum absolute atomic E-state index is 0.116. The van der Waals surface area contributed by atoms with Crippen molar-refractivity contribution in [1.82, 2.24) is 5.32 Å². The van der Waals surface area contributed by atoms with Crippen molar-refractivity contribution in [3.05, 3.63) is 29.5 Å². The van der Waals surface area contributed by atoms with E-state index >= 15 is 0 Å². The number of fused-ring (bicyclic) bond motifs is 1. The van der Waals surface area contributed by atoms with Crippen LogP contribution in [0.3, 0.4) is 0 Å². The molecule has 2 aromatic rings. The van der Waals surface area contributed by atoms with Gasteiger partial charge < -0.3 is 19.6 Å². The highest BCUT2D eigenvalue weighted by Gasteiger charge is 2.28. The summed E-state index contributed by atoms with van der Waals surface area (Å²) < 4.78 is 11.1. The Kier molecular flexibility index (Phi) is 3.84. The molecule has 1 aromatic heterocycles. The molecule has 1 aliphatic heterocycles. The second-order valence-corrected chi connectivity index (χ2v) is 5.27. The quantitative estimate of drug-likeness (QED) is 0.850. The van der Waals surface area contributed by atoms with E-state index in [4.69, 9.17) is 9.15 Å². The minimum Gasteiger partial charge on any atom is -0.508 e. The van der Waals surface area contributed by atoms with Gasteiger partial charge in [-0.1, -0.05) is 0 Å². The number of rotatable bonds is 3. The molecule has 0 amide bonds. The SMILES string of the molecule is CCOC(=O)c1c(C2CCNCC2)oc2ccc(O)cc12. The first-order chi connectivity index (χ1) is 10.2. The van der Waals surface area contributed by atoms with E-state index in [0.717, 1.165) is 25.9 Å². The number of benzene rings is 1. The molecule has 1 fully saturated rings. The second kappa shape index (κ2) is 5.77. The molecule has 2 N–H and O–H groups in total. The van der Waals surface area contributed by atoms with Gasteiger partial charge in [-0.05, 0) is 51.1 Å².